The highest BCUT2D eigenvalue weighted by molar-refractivity contribution is 5.95. The largest absolute Gasteiger partial charge is 0.388 e. The first-order chi connectivity index (χ1) is 10.7. The average molecular weight is 299 g/mol. The first-order valence-corrected chi connectivity index (χ1v) is 7.76. The first-order valence-electron chi connectivity index (χ1n) is 7.76. The maximum atomic E-state index is 12.3. The summed E-state index contributed by atoms with van der Waals surface area (Å²) in [5.74, 6) is -0.149. The molecule has 0 bridgehead atoms. The highest BCUT2D eigenvalue weighted by atomic mass is 16.3. The second-order valence-corrected chi connectivity index (χ2v) is 6.04. The van der Waals surface area contributed by atoms with Crippen molar-refractivity contribution in [1.82, 2.24) is 15.5 Å². The summed E-state index contributed by atoms with van der Waals surface area (Å²) < 4.78 is 0. The summed E-state index contributed by atoms with van der Waals surface area (Å²) in [6.07, 6.45) is 8.28. The molecule has 22 heavy (non-hydrogen) atoms. The van der Waals surface area contributed by atoms with E-state index in [4.69, 9.17) is 0 Å². The smallest absolute Gasteiger partial charge is 0.251 e. The Kier molecular flexibility index (Phi) is 4.24. The number of aliphatic hydroxyl groups is 1. The first kappa shape index (κ1) is 14.8. The third-order valence-electron chi connectivity index (χ3n) is 4.32. The number of nitrogens with zero attached hydrogens (tertiary/aromatic N) is 1. The summed E-state index contributed by atoms with van der Waals surface area (Å²) in [6.45, 7) is 0.321. The molecule has 1 aliphatic carbocycles. The van der Waals surface area contributed by atoms with Crippen LogP contribution in [-0.2, 0) is 0 Å². The molecule has 3 N–H and O–H groups in total. The van der Waals surface area contributed by atoms with Gasteiger partial charge < -0.3 is 10.4 Å². The van der Waals surface area contributed by atoms with Crippen LogP contribution in [0.4, 0.5) is 0 Å². The van der Waals surface area contributed by atoms with Gasteiger partial charge in [-0.2, -0.15) is 5.10 Å². The zero-order valence-electron chi connectivity index (χ0n) is 12.5. The molecule has 0 atom stereocenters. The van der Waals surface area contributed by atoms with Crippen molar-refractivity contribution in [2.75, 3.05) is 6.54 Å². The molecule has 0 spiro atoms. The Bertz CT molecular complexity index is 631. The molecular weight excluding hydrogens is 278 g/mol. The van der Waals surface area contributed by atoms with Crippen LogP contribution < -0.4 is 5.32 Å². The molecule has 2 aromatic rings. The quantitative estimate of drug-likeness (QED) is 0.811. The van der Waals surface area contributed by atoms with Crippen LogP contribution in [-0.4, -0.2) is 33.4 Å². The predicted molar refractivity (Wildman–Crippen MR) is 84.4 cm³/mol. The number of rotatable bonds is 4. The molecule has 0 unspecified atom stereocenters. The van der Waals surface area contributed by atoms with Gasteiger partial charge in [0, 0.05) is 23.9 Å². The van der Waals surface area contributed by atoms with Crippen molar-refractivity contribution in [3.05, 3.63) is 42.2 Å². The number of benzene rings is 1. The number of carbonyl (C=O) groups excluding carboxylic acids is 1. The molecular formula is C17H21N3O2. The van der Waals surface area contributed by atoms with Gasteiger partial charge in [0.2, 0.25) is 0 Å². The zero-order valence-corrected chi connectivity index (χ0v) is 12.5. The number of hydrogen-bond donors (Lipinski definition) is 3. The molecule has 1 aromatic heterocycles. The molecule has 116 valence electrons. The van der Waals surface area contributed by atoms with E-state index in [2.05, 4.69) is 15.5 Å². The lowest BCUT2D eigenvalue weighted by molar-refractivity contribution is 0.00526. The van der Waals surface area contributed by atoms with Gasteiger partial charge >= 0.3 is 0 Å². The predicted octanol–water partition coefficient (Wildman–Crippen LogP) is 2.50. The number of H-pyrrole nitrogens is 1. The van der Waals surface area contributed by atoms with E-state index in [-0.39, 0.29) is 5.91 Å². The van der Waals surface area contributed by atoms with Crippen molar-refractivity contribution in [2.45, 2.75) is 37.7 Å². The summed E-state index contributed by atoms with van der Waals surface area (Å²) in [6, 6.07) is 7.41. The zero-order chi connectivity index (χ0) is 15.4. The fourth-order valence-electron chi connectivity index (χ4n) is 2.98. The molecule has 1 amide bonds. The van der Waals surface area contributed by atoms with Crippen LogP contribution in [0.2, 0.25) is 0 Å². The average Bonchev–Trinajstić information content (AvgIpc) is 3.08. The standard InChI is InChI=1S/C17H21N3O2/c21-16(18-12-17(22)7-2-1-3-8-17)14-6-4-5-13(9-14)15-10-19-20-11-15/h4-6,9-11,22H,1-3,7-8,12H2,(H,18,21)(H,19,20). The van der Waals surface area contributed by atoms with E-state index < -0.39 is 5.60 Å². The van der Waals surface area contributed by atoms with Crippen LogP contribution in [0.5, 0.6) is 0 Å². The van der Waals surface area contributed by atoms with Crippen molar-refractivity contribution in [3.8, 4) is 11.1 Å². The molecule has 1 fully saturated rings. The van der Waals surface area contributed by atoms with Crippen LogP contribution >= 0.6 is 0 Å². The van der Waals surface area contributed by atoms with Gasteiger partial charge in [-0.1, -0.05) is 31.4 Å². The Labute approximate surface area is 129 Å². The van der Waals surface area contributed by atoms with Gasteiger partial charge in [-0.3, -0.25) is 9.89 Å². The minimum Gasteiger partial charge on any atom is -0.388 e. The highest BCUT2D eigenvalue weighted by Gasteiger charge is 2.29. The molecule has 0 radical (unpaired) electrons. The van der Waals surface area contributed by atoms with Gasteiger partial charge in [0.1, 0.15) is 0 Å². The summed E-state index contributed by atoms with van der Waals surface area (Å²) in [7, 11) is 0. The van der Waals surface area contributed by atoms with E-state index in [1.807, 2.05) is 18.2 Å². The maximum Gasteiger partial charge on any atom is 0.251 e. The Hall–Kier alpha value is -2.14. The van der Waals surface area contributed by atoms with E-state index in [0.717, 1.165) is 36.8 Å². The topological polar surface area (TPSA) is 78.0 Å². The van der Waals surface area contributed by atoms with Crippen molar-refractivity contribution >= 4 is 5.91 Å². The van der Waals surface area contributed by atoms with Crippen molar-refractivity contribution < 1.29 is 9.90 Å². The van der Waals surface area contributed by atoms with E-state index in [1.54, 1.807) is 18.5 Å². The Morgan fingerprint density at radius 2 is 2.09 bits per heavy atom. The van der Waals surface area contributed by atoms with Crippen molar-refractivity contribution in [2.24, 2.45) is 0 Å². The molecule has 3 rings (SSSR count). The van der Waals surface area contributed by atoms with E-state index >= 15 is 0 Å². The van der Waals surface area contributed by atoms with Crippen molar-refractivity contribution in [1.29, 1.82) is 0 Å². The third kappa shape index (κ3) is 3.36. The van der Waals surface area contributed by atoms with Gasteiger partial charge in [-0.15, -0.1) is 0 Å². The Balaban J connectivity index is 1.66. The van der Waals surface area contributed by atoms with Crippen LogP contribution in [0.15, 0.2) is 36.7 Å². The van der Waals surface area contributed by atoms with Crippen LogP contribution in [0, 0.1) is 0 Å². The third-order valence-corrected chi connectivity index (χ3v) is 4.32. The van der Waals surface area contributed by atoms with Crippen LogP contribution in [0.3, 0.4) is 0 Å². The van der Waals surface area contributed by atoms with Crippen LogP contribution in [0.1, 0.15) is 42.5 Å². The number of nitrogens with one attached hydrogen (secondary N) is 2. The van der Waals surface area contributed by atoms with Gasteiger partial charge in [0.15, 0.2) is 0 Å². The molecule has 0 aliphatic heterocycles. The van der Waals surface area contributed by atoms with Crippen LogP contribution in [0.25, 0.3) is 11.1 Å². The number of hydrogen-bond acceptors (Lipinski definition) is 3. The molecule has 1 aromatic carbocycles. The maximum absolute atomic E-state index is 12.3. The number of aromatic amines is 1. The Morgan fingerprint density at radius 3 is 2.82 bits per heavy atom. The lowest BCUT2D eigenvalue weighted by Crippen LogP contribution is -2.44. The second kappa shape index (κ2) is 6.32. The summed E-state index contributed by atoms with van der Waals surface area (Å²) in [5, 5.41) is 20.0. The summed E-state index contributed by atoms with van der Waals surface area (Å²) >= 11 is 0. The van der Waals surface area contributed by atoms with E-state index in [9.17, 15) is 9.90 Å². The highest BCUT2D eigenvalue weighted by Crippen LogP contribution is 2.27. The fraction of sp³-hybridized carbons (Fsp3) is 0.412. The summed E-state index contributed by atoms with van der Waals surface area (Å²) in [5.41, 5.74) is 1.74. The van der Waals surface area contributed by atoms with Gasteiger partial charge in [0.05, 0.1) is 11.8 Å². The molecule has 5 nitrogen and oxygen atoms in total. The SMILES string of the molecule is O=C(NCC1(O)CCCCC1)c1cccc(-c2cn[nH]c2)c1. The number of amides is 1. The van der Waals surface area contributed by atoms with Gasteiger partial charge in [-0.25, -0.2) is 0 Å². The second-order valence-electron chi connectivity index (χ2n) is 6.04. The molecule has 1 saturated carbocycles. The van der Waals surface area contributed by atoms with Gasteiger partial charge in [0.25, 0.3) is 5.91 Å². The molecule has 0 saturated heterocycles. The normalized spacial score (nSPS) is 17.1. The fourth-order valence-corrected chi connectivity index (χ4v) is 2.98. The van der Waals surface area contributed by atoms with E-state index in [0.29, 0.717) is 12.1 Å². The minimum absolute atomic E-state index is 0.149. The van der Waals surface area contributed by atoms with Gasteiger partial charge in [-0.05, 0) is 30.5 Å². The lowest BCUT2D eigenvalue weighted by Gasteiger charge is -2.32. The Morgan fingerprint density at radius 1 is 1.27 bits per heavy atom. The van der Waals surface area contributed by atoms with Crippen molar-refractivity contribution in [3.63, 3.8) is 0 Å². The lowest BCUT2D eigenvalue weighted by atomic mass is 9.85. The molecule has 1 aliphatic rings. The van der Waals surface area contributed by atoms with E-state index in [1.165, 1.54) is 6.42 Å². The number of carbonyl (C=O) groups is 1. The minimum atomic E-state index is -0.740. The monoisotopic (exact) mass is 299 g/mol. The summed E-state index contributed by atoms with van der Waals surface area (Å²) in [4.78, 5) is 12.3. The number of aromatic nitrogens is 2. The molecule has 5 heteroatoms. The molecule has 1 heterocycles.